The van der Waals surface area contributed by atoms with Gasteiger partial charge in [0.2, 0.25) is 10.0 Å². The highest BCUT2D eigenvalue weighted by atomic mass is 35.5. The van der Waals surface area contributed by atoms with E-state index in [1.54, 1.807) is 6.07 Å². The van der Waals surface area contributed by atoms with E-state index in [0.717, 1.165) is 38.5 Å². The molecule has 1 saturated heterocycles. The molecule has 0 unspecified atom stereocenters. The minimum atomic E-state index is -3.55. The molecule has 2 N–H and O–H groups in total. The van der Waals surface area contributed by atoms with Gasteiger partial charge in [0.15, 0.2) is 5.82 Å². The van der Waals surface area contributed by atoms with E-state index in [1.807, 2.05) is 0 Å². The van der Waals surface area contributed by atoms with Gasteiger partial charge < -0.3 is 10.3 Å². The predicted octanol–water partition coefficient (Wildman–Crippen LogP) is 2.90. The van der Waals surface area contributed by atoms with Crippen molar-refractivity contribution in [2.24, 2.45) is 5.73 Å². The van der Waals surface area contributed by atoms with E-state index in [0.29, 0.717) is 29.5 Å². The molecule has 26 heavy (non-hydrogen) atoms. The Morgan fingerprint density at radius 3 is 2.54 bits per heavy atom. The number of hydrogen-bond donors (Lipinski definition) is 1. The Morgan fingerprint density at radius 1 is 1.15 bits per heavy atom. The van der Waals surface area contributed by atoms with Gasteiger partial charge in [-0.15, -0.1) is 0 Å². The average Bonchev–Trinajstić information content (AvgIpc) is 3.37. The standard InChI is InChI=1S/C17H21ClN4O3S/c18-14-6-5-12(26(23,24)22-9-3-4-10-22)11-13(14)15-20-16(21-25-15)17(19)7-1-2-8-17/h5-6,11H,1-4,7-10,19H2. The second-order valence-corrected chi connectivity index (χ2v) is 9.38. The number of benzene rings is 1. The Morgan fingerprint density at radius 2 is 1.85 bits per heavy atom. The summed E-state index contributed by atoms with van der Waals surface area (Å²) in [5.74, 6) is 0.647. The predicted molar refractivity (Wildman–Crippen MR) is 97.1 cm³/mol. The number of nitrogens with two attached hydrogens (primary N) is 1. The lowest BCUT2D eigenvalue weighted by Crippen LogP contribution is -2.34. The Labute approximate surface area is 157 Å². The summed E-state index contributed by atoms with van der Waals surface area (Å²) < 4.78 is 32.4. The highest BCUT2D eigenvalue weighted by Gasteiger charge is 2.36. The SMILES string of the molecule is NC1(c2noc(-c3cc(S(=O)(=O)N4CCCC4)ccc3Cl)n2)CCCC1. The molecule has 2 aliphatic rings. The summed E-state index contributed by atoms with van der Waals surface area (Å²) >= 11 is 6.28. The minimum Gasteiger partial charge on any atom is -0.334 e. The third-order valence-corrected chi connectivity index (χ3v) is 7.46. The maximum Gasteiger partial charge on any atom is 0.259 e. The highest BCUT2D eigenvalue weighted by Crippen LogP contribution is 2.37. The minimum absolute atomic E-state index is 0.182. The van der Waals surface area contributed by atoms with Crippen molar-refractivity contribution in [2.75, 3.05) is 13.1 Å². The van der Waals surface area contributed by atoms with Gasteiger partial charge in [-0.3, -0.25) is 0 Å². The summed E-state index contributed by atoms with van der Waals surface area (Å²) in [6.07, 6.45) is 5.44. The van der Waals surface area contributed by atoms with Gasteiger partial charge in [-0.1, -0.05) is 29.6 Å². The largest absolute Gasteiger partial charge is 0.334 e. The zero-order valence-electron chi connectivity index (χ0n) is 14.3. The van der Waals surface area contributed by atoms with Crippen LogP contribution in [-0.4, -0.2) is 36.0 Å². The van der Waals surface area contributed by atoms with Crippen molar-refractivity contribution < 1.29 is 12.9 Å². The molecule has 9 heteroatoms. The lowest BCUT2D eigenvalue weighted by atomic mass is 9.99. The fourth-order valence-electron chi connectivity index (χ4n) is 3.67. The van der Waals surface area contributed by atoms with Crippen LogP contribution in [0.4, 0.5) is 0 Å². The Balaban J connectivity index is 1.70. The van der Waals surface area contributed by atoms with Crippen LogP contribution >= 0.6 is 11.6 Å². The second-order valence-electron chi connectivity index (χ2n) is 7.04. The molecule has 7 nitrogen and oxygen atoms in total. The Bertz CT molecular complexity index is 916. The van der Waals surface area contributed by atoms with Crippen molar-refractivity contribution in [2.45, 2.75) is 49.0 Å². The molecular formula is C17H21ClN4O3S. The molecule has 0 spiro atoms. The van der Waals surface area contributed by atoms with E-state index < -0.39 is 15.6 Å². The number of nitrogens with zero attached hydrogens (tertiary/aromatic N) is 3. The molecule has 0 radical (unpaired) electrons. The van der Waals surface area contributed by atoms with Crippen molar-refractivity contribution >= 4 is 21.6 Å². The third kappa shape index (κ3) is 3.05. The first kappa shape index (κ1) is 17.9. The zero-order valence-corrected chi connectivity index (χ0v) is 15.9. The van der Waals surface area contributed by atoms with Crippen molar-refractivity contribution in [3.8, 4) is 11.5 Å². The molecule has 1 aromatic heterocycles. The number of halogens is 1. The van der Waals surface area contributed by atoms with Crippen LogP contribution in [0.25, 0.3) is 11.5 Å². The fraction of sp³-hybridized carbons (Fsp3) is 0.529. The summed E-state index contributed by atoms with van der Waals surface area (Å²) in [7, 11) is -3.55. The molecular weight excluding hydrogens is 376 g/mol. The first-order chi connectivity index (χ1) is 12.4. The van der Waals surface area contributed by atoms with Crippen LogP contribution in [0.15, 0.2) is 27.6 Å². The second kappa shape index (κ2) is 6.60. The van der Waals surface area contributed by atoms with Crippen molar-refractivity contribution in [3.63, 3.8) is 0 Å². The van der Waals surface area contributed by atoms with Crippen LogP contribution in [0.2, 0.25) is 5.02 Å². The first-order valence-electron chi connectivity index (χ1n) is 8.83. The van der Waals surface area contributed by atoms with Crippen LogP contribution < -0.4 is 5.73 Å². The highest BCUT2D eigenvalue weighted by molar-refractivity contribution is 7.89. The molecule has 1 aliphatic heterocycles. The summed E-state index contributed by atoms with van der Waals surface area (Å²) in [6, 6.07) is 4.57. The van der Waals surface area contributed by atoms with E-state index in [2.05, 4.69) is 10.1 Å². The zero-order chi connectivity index (χ0) is 18.4. The maximum atomic E-state index is 12.8. The fourth-order valence-corrected chi connectivity index (χ4v) is 5.41. The van der Waals surface area contributed by atoms with Gasteiger partial charge >= 0.3 is 0 Å². The van der Waals surface area contributed by atoms with Gasteiger partial charge in [-0.2, -0.15) is 9.29 Å². The molecule has 140 valence electrons. The lowest BCUT2D eigenvalue weighted by Gasteiger charge is -2.17. The summed E-state index contributed by atoms with van der Waals surface area (Å²) in [5, 5.41) is 4.39. The maximum absolute atomic E-state index is 12.8. The van der Waals surface area contributed by atoms with Gasteiger partial charge in [0.25, 0.3) is 5.89 Å². The summed E-state index contributed by atoms with van der Waals surface area (Å²) in [5.41, 5.74) is 6.20. The Hall–Kier alpha value is -1.48. The average molecular weight is 397 g/mol. The van der Waals surface area contributed by atoms with Gasteiger partial charge in [-0.05, 0) is 43.9 Å². The molecule has 2 aromatic rings. The van der Waals surface area contributed by atoms with Crippen molar-refractivity contribution in [1.29, 1.82) is 0 Å². The molecule has 1 saturated carbocycles. The van der Waals surface area contributed by atoms with E-state index in [-0.39, 0.29) is 10.8 Å². The monoisotopic (exact) mass is 396 g/mol. The third-order valence-electron chi connectivity index (χ3n) is 5.24. The van der Waals surface area contributed by atoms with Crippen LogP contribution in [0.5, 0.6) is 0 Å². The number of aromatic nitrogens is 2. The van der Waals surface area contributed by atoms with E-state index in [1.165, 1.54) is 16.4 Å². The lowest BCUT2D eigenvalue weighted by molar-refractivity contribution is 0.372. The molecule has 1 aliphatic carbocycles. The topological polar surface area (TPSA) is 102 Å². The quantitative estimate of drug-likeness (QED) is 0.852. The summed E-state index contributed by atoms with van der Waals surface area (Å²) in [4.78, 5) is 4.60. The normalized spacial score (nSPS) is 20.7. The number of hydrogen-bond acceptors (Lipinski definition) is 6. The van der Waals surface area contributed by atoms with Gasteiger partial charge in [0, 0.05) is 13.1 Å². The van der Waals surface area contributed by atoms with Crippen molar-refractivity contribution in [3.05, 3.63) is 29.0 Å². The number of rotatable bonds is 4. The van der Waals surface area contributed by atoms with Gasteiger partial charge in [0.1, 0.15) is 0 Å². The molecule has 2 fully saturated rings. The van der Waals surface area contributed by atoms with E-state index >= 15 is 0 Å². The van der Waals surface area contributed by atoms with Crippen LogP contribution in [-0.2, 0) is 15.6 Å². The van der Waals surface area contributed by atoms with E-state index in [9.17, 15) is 8.42 Å². The first-order valence-corrected chi connectivity index (χ1v) is 10.7. The van der Waals surface area contributed by atoms with E-state index in [4.69, 9.17) is 21.9 Å². The molecule has 0 amide bonds. The molecule has 4 rings (SSSR count). The number of sulfonamides is 1. The van der Waals surface area contributed by atoms with Crippen LogP contribution in [0.1, 0.15) is 44.3 Å². The smallest absolute Gasteiger partial charge is 0.259 e. The molecule has 0 atom stereocenters. The van der Waals surface area contributed by atoms with Crippen LogP contribution in [0.3, 0.4) is 0 Å². The summed E-state index contributed by atoms with van der Waals surface area (Å²) in [6.45, 7) is 1.08. The molecule has 1 aromatic carbocycles. The van der Waals surface area contributed by atoms with Gasteiger partial charge in [0.05, 0.1) is 21.0 Å². The van der Waals surface area contributed by atoms with Gasteiger partial charge in [-0.25, -0.2) is 8.42 Å². The van der Waals surface area contributed by atoms with Crippen molar-refractivity contribution in [1.82, 2.24) is 14.4 Å². The molecule has 2 heterocycles. The molecule has 0 bridgehead atoms. The van der Waals surface area contributed by atoms with Crippen LogP contribution in [0, 0.1) is 0 Å². The Kier molecular flexibility index (Phi) is 4.54.